The van der Waals surface area contributed by atoms with Gasteiger partial charge in [-0.2, -0.15) is 5.10 Å². The third-order valence-electron chi connectivity index (χ3n) is 2.66. The first-order chi connectivity index (χ1) is 9.29. The maximum atomic E-state index is 13.0. The van der Waals surface area contributed by atoms with Crippen LogP contribution in [0.1, 0.15) is 25.5 Å². The quantitative estimate of drug-likeness (QED) is 0.909. The van der Waals surface area contributed by atoms with Crippen LogP contribution < -0.4 is 4.72 Å². The number of anilines is 1. The Bertz CT molecular complexity index is 728. The number of benzene rings is 1. The Balaban J connectivity index is 2.28. The van der Waals surface area contributed by atoms with Gasteiger partial charge in [0.2, 0.25) is 0 Å². The van der Waals surface area contributed by atoms with Gasteiger partial charge < -0.3 is 0 Å². The van der Waals surface area contributed by atoms with Crippen LogP contribution in [0, 0.1) is 5.82 Å². The molecule has 8 heteroatoms. The predicted octanol–water partition coefficient (Wildman–Crippen LogP) is 3.13. The highest BCUT2D eigenvalue weighted by Crippen LogP contribution is 2.22. The number of hydrogen-bond donors (Lipinski definition) is 2. The van der Waals surface area contributed by atoms with Gasteiger partial charge in [-0.15, -0.1) is 0 Å². The van der Waals surface area contributed by atoms with Crippen molar-refractivity contribution in [1.29, 1.82) is 0 Å². The summed E-state index contributed by atoms with van der Waals surface area (Å²) < 4.78 is 39.5. The molecule has 2 aromatic rings. The van der Waals surface area contributed by atoms with Crippen molar-refractivity contribution in [2.75, 3.05) is 4.72 Å². The van der Waals surface area contributed by atoms with Gasteiger partial charge in [0, 0.05) is 11.8 Å². The zero-order chi connectivity index (χ0) is 14.9. The van der Waals surface area contributed by atoms with Crippen LogP contribution >= 0.6 is 11.6 Å². The molecule has 0 aliphatic rings. The van der Waals surface area contributed by atoms with Crippen LogP contribution in [0.2, 0.25) is 5.02 Å². The summed E-state index contributed by atoms with van der Waals surface area (Å²) >= 11 is 5.58. The van der Waals surface area contributed by atoms with Crippen LogP contribution in [0.5, 0.6) is 0 Å². The van der Waals surface area contributed by atoms with Crippen molar-refractivity contribution < 1.29 is 12.8 Å². The molecule has 1 aromatic carbocycles. The number of rotatable bonds is 4. The standard InChI is InChI=1S/C12H13ClFN3O2S/c1-7(2)11-6-12(16-15-11)17-20(18,19)8-3-4-10(14)9(13)5-8/h3-7H,1-2H3,(H2,15,16,17). The molecule has 0 spiro atoms. The van der Waals surface area contributed by atoms with Crippen LogP contribution in [0.4, 0.5) is 10.2 Å². The lowest BCUT2D eigenvalue weighted by Gasteiger charge is -2.05. The normalized spacial score (nSPS) is 11.8. The molecule has 2 rings (SSSR count). The van der Waals surface area contributed by atoms with E-state index in [1.54, 1.807) is 6.07 Å². The van der Waals surface area contributed by atoms with E-state index < -0.39 is 15.8 Å². The van der Waals surface area contributed by atoms with E-state index >= 15 is 0 Å². The number of nitrogens with one attached hydrogen (secondary N) is 2. The summed E-state index contributed by atoms with van der Waals surface area (Å²) in [5.41, 5.74) is 0.805. The minimum absolute atomic E-state index is 0.127. The number of hydrogen-bond acceptors (Lipinski definition) is 3. The predicted molar refractivity (Wildman–Crippen MR) is 74.9 cm³/mol. The van der Waals surface area contributed by atoms with E-state index in [1.165, 1.54) is 0 Å². The van der Waals surface area contributed by atoms with E-state index in [0.717, 1.165) is 23.9 Å². The van der Waals surface area contributed by atoms with Crippen molar-refractivity contribution in [2.24, 2.45) is 0 Å². The number of nitrogens with zero attached hydrogens (tertiary/aromatic N) is 1. The van der Waals surface area contributed by atoms with Gasteiger partial charge in [0.25, 0.3) is 10.0 Å². The van der Waals surface area contributed by atoms with Crippen molar-refractivity contribution in [3.63, 3.8) is 0 Å². The molecule has 0 aliphatic heterocycles. The Labute approximate surface area is 121 Å². The summed E-state index contributed by atoms with van der Waals surface area (Å²) in [4.78, 5) is -0.127. The summed E-state index contributed by atoms with van der Waals surface area (Å²) in [6, 6.07) is 4.79. The van der Waals surface area contributed by atoms with Crippen molar-refractivity contribution in [1.82, 2.24) is 10.2 Å². The second kappa shape index (κ2) is 5.41. The lowest BCUT2D eigenvalue weighted by atomic mass is 10.1. The molecule has 0 radical (unpaired) electrons. The molecule has 1 heterocycles. The van der Waals surface area contributed by atoms with Crippen molar-refractivity contribution in [3.05, 3.63) is 40.8 Å². The van der Waals surface area contributed by atoms with E-state index in [2.05, 4.69) is 14.9 Å². The van der Waals surface area contributed by atoms with Crippen molar-refractivity contribution in [3.8, 4) is 0 Å². The van der Waals surface area contributed by atoms with Crippen LogP contribution in [0.3, 0.4) is 0 Å². The molecule has 0 amide bonds. The van der Waals surface area contributed by atoms with Gasteiger partial charge in [-0.05, 0) is 24.1 Å². The third kappa shape index (κ3) is 3.10. The van der Waals surface area contributed by atoms with Gasteiger partial charge in [0.05, 0.1) is 9.92 Å². The summed E-state index contributed by atoms with van der Waals surface area (Å²) in [6.45, 7) is 3.90. The Morgan fingerprint density at radius 2 is 2.05 bits per heavy atom. The highest BCUT2D eigenvalue weighted by Gasteiger charge is 2.17. The van der Waals surface area contributed by atoms with Crippen LogP contribution in [0.25, 0.3) is 0 Å². The zero-order valence-electron chi connectivity index (χ0n) is 10.8. The van der Waals surface area contributed by atoms with Gasteiger partial charge in [-0.1, -0.05) is 25.4 Å². The Morgan fingerprint density at radius 3 is 2.60 bits per heavy atom. The summed E-state index contributed by atoms with van der Waals surface area (Å²) in [7, 11) is -3.85. The van der Waals surface area contributed by atoms with Crippen LogP contribution in [-0.2, 0) is 10.0 Å². The summed E-state index contributed by atoms with van der Waals surface area (Å²) in [5.74, 6) is -0.303. The van der Waals surface area contributed by atoms with Gasteiger partial charge >= 0.3 is 0 Å². The average molecular weight is 318 g/mol. The van der Waals surface area contributed by atoms with Gasteiger partial charge in [-0.3, -0.25) is 9.82 Å². The number of aromatic nitrogens is 2. The fraction of sp³-hybridized carbons (Fsp3) is 0.250. The molecule has 108 valence electrons. The summed E-state index contributed by atoms with van der Waals surface area (Å²) in [6.07, 6.45) is 0. The molecule has 5 nitrogen and oxygen atoms in total. The molecule has 20 heavy (non-hydrogen) atoms. The van der Waals surface area contributed by atoms with Crippen molar-refractivity contribution in [2.45, 2.75) is 24.7 Å². The summed E-state index contributed by atoms with van der Waals surface area (Å²) in [5, 5.41) is 6.35. The minimum Gasteiger partial charge on any atom is -0.280 e. The van der Waals surface area contributed by atoms with Gasteiger partial charge in [0.15, 0.2) is 5.82 Å². The highest BCUT2D eigenvalue weighted by molar-refractivity contribution is 7.92. The molecule has 0 bridgehead atoms. The fourth-order valence-electron chi connectivity index (χ4n) is 1.53. The van der Waals surface area contributed by atoms with E-state index in [9.17, 15) is 12.8 Å². The largest absolute Gasteiger partial charge is 0.280 e. The van der Waals surface area contributed by atoms with Gasteiger partial charge in [0.1, 0.15) is 5.82 Å². The molecule has 0 saturated heterocycles. The van der Waals surface area contributed by atoms with Crippen molar-refractivity contribution >= 4 is 27.4 Å². The first kappa shape index (κ1) is 14.8. The molecule has 0 saturated carbocycles. The van der Waals surface area contributed by atoms with E-state index in [-0.39, 0.29) is 21.7 Å². The van der Waals surface area contributed by atoms with E-state index in [4.69, 9.17) is 11.6 Å². The molecule has 0 atom stereocenters. The van der Waals surface area contributed by atoms with Crippen LogP contribution in [0.15, 0.2) is 29.2 Å². The smallest absolute Gasteiger partial charge is 0.263 e. The number of aromatic amines is 1. The second-order valence-corrected chi connectivity index (χ2v) is 6.63. The first-order valence-electron chi connectivity index (χ1n) is 5.83. The maximum Gasteiger partial charge on any atom is 0.263 e. The molecule has 0 unspecified atom stereocenters. The lowest BCUT2D eigenvalue weighted by Crippen LogP contribution is -2.13. The lowest BCUT2D eigenvalue weighted by molar-refractivity contribution is 0.599. The fourth-order valence-corrected chi connectivity index (χ4v) is 2.79. The monoisotopic (exact) mass is 317 g/mol. The minimum atomic E-state index is -3.85. The maximum absolute atomic E-state index is 13.0. The van der Waals surface area contributed by atoms with E-state index in [0.29, 0.717) is 0 Å². The number of sulfonamides is 1. The third-order valence-corrected chi connectivity index (χ3v) is 4.30. The molecule has 0 aliphatic carbocycles. The number of halogens is 2. The molecular weight excluding hydrogens is 305 g/mol. The molecule has 2 N–H and O–H groups in total. The topological polar surface area (TPSA) is 74.8 Å². The first-order valence-corrected chi connectivity index (χ1v) is 7.69. The molecular formula is C12H13ClFN3O2S. The molecule has 1 aromatic heterocycles. The zero-order valence-corrected chi connectivity index (χ0v) is 12.4. The molecule has 0 fully saturated rings. The number of H-pyrrole nitrogens is 1. The SMILES string of the molecule is CC(C)c1cc(NS(=O)(=O)c2ccc(F)c(Cl)c2)n[nH]1. The Morgan fingerprint density at radius 1 is 1.35 bits per heavy atom. The average Bonchev–Trinajstić information content (AvgIpc) is 2.80. The van der Waals surface area contributed by atoms with E-state index in [1.807, 2.05) is 13.8 Å². The van der Waals surface area contributed by atoms with Crippen LogP contribution in [-0.4, -0.2) is 18.6 Å². The Kier molecular flexibility index (Phi) is 4.01. The van der Waals surface area contributed by atoms with Gasteiger partial charge in [-0.25, -0.2) is 12.8 Å². The highest BCUT2D eigenvalue weighted by atomic mass is 35.5. The second-order valence-electron chi connectivity index (χ2n) is 4.54. The Hall–Kier alpha value is -1.60.